The molecule has 0 aromatic rings. The number of carbonyl (C=O) groups excluding carboxylic acids is 1. The topological polar surface area (TPSA) is 43.5 Å². The second-order valence-electron chi connectivity index (χ2n) is 1.29. The normalized spacial score (nSPS) is 19.1. The second kappa shape index (κ2) is 1.73. The van der Waals surface area contributed by atoms with Gasteiger partial charge in [-0.05, 0) is 0 Å². The Bertz CT molecular complexity index is 108. The molecule has 1 rings (SSSR count). The molecule has 0 saturated carbocycles. The first-order valence-corrected chi connectivity index (χ1v) is 2.11. The summed E-state index contributed by atoms with van der Waals surface area (Å²) in [4.78, 5) is 13.9. The molecule has 3 nitrogen and oxygen atoms in total. The van der Waals surface area contributed by atoms with Crippen LogP contribution in [0.1, 0.15) is 6.42 Å². The minimum Gasteiger partial charge on any atom is -0.273 e. The van der Waals surface area contributed by atoms with Gasteiger partial charge < -0.3 is 0 Å². The summed E-state index contributed by atoms with van der Waals surface area (Å²) in [6, 6.07) is 0. The molecule has 1 radical (unpaired) electrons. The molecular weight excluding hydrogens is 92.1 g/mol. The number of amides is 1. The van der Waals surface area contributed by atoms with Crippen molar-refractivity contribution in [1.29, 1.82) is 0 Å². The van der Waals surface area contributed by atoms with Crippen LogP contribution in [-0.4, -0.2) is 18.8 Å². The van der Waals surface area contributed by atoms with Gasteiger partial charge in [0.1, 0.15) is 6.34 Å². The standard InChI is InChI=1S/C4H5N2O/c7-4-1-2-5-3-6-4/h3H,1-2H2. The summed E-state index contributed by atoms with van der Waals surface area (Å²) in [5, 5.41) is 3.40. The van der Waals surface area contributed by atoms with Crippen LogP contribution in [0.25, 0.3) is 0 Å². The van der Waals surface area contributed by atoms with Gasteiger partial charge in [0.15, 0.2) is 0 Å². The van der Waals surface area contributed by atoms with Crippen LogP contribution in [-0.2, 0) is 4.79 Å². The molecule has 0 aliphatic carbocycles. The molecule has 7 heavy (non-hydrogen) atoms. The van der Waals surface area contributed by atoms with E-state index in [-0.39, 0.29) is 5.91 Å². The van der Waals surface area contributed by atoms with E-state index in [1.54, 1.807) is 0 Å². The highest BCUT2D eigenvalue weighted by Gasteiger charge is 2.01. The van der Waals surface area contributed by atoms with E-state index in [2.05, 4.69) is 10.3 Å². The molecule has 1 aliphatic rings. The van der Waals surface area contributed by atoms with E-state index in [0.29, 0.717) is 13.0 Å². The lowest BCUT2D eigenvalue weighted by atomic mass is 10.4. The first-order valence-electron chi connectivity index (χ1n) is 2.11. The molecule has 0 unspecified atom stereocenters. The summed E-state index contributed by atoms with van der Waals surface area (Å²) >= 11 is 0. The zero-order valence-electron chi connectivity index (χ0n) is 3.79. The number of hydrogen-bond acceptors (Lipinski definition) is 2. The smallest absolute Gasteiger partial charge is 0.248 e. The van der Waals surface area contributed by atoms with Crippen molar-refractivity contribution in [2.45, 2.75) is 6.42 Å². The van der Waals surface area contributed by atoms with Gasteiger partial charge in [-0.1, -0.05) is 0 Å². The van der Waals surface area contributed by atoms with Crippen LogP contribution in [0.4, 0.5) is 0 Å². The predicted molar refractivity (Wildman–Crippen MR) is 25.1 cm³/mol. The zero-order valence-corrected chi connectivity index (χ0v) is 3.79. The highest BCUT2D eigenvalue weighted by molar-refractivity contribution is 5.88. The van der Waals surface area contributed by atoms with E-state index in [1.807, 2.05) is 0 Å². The van der Waals surface area contributed by atoms with Crippen LogP contribution in [0.3, 0.4) is 0 Å². The number of aliphatic imine (C=N–C) groups is 1. The molecule has 0 atom stereocenters. The number of rotatable bonds is 0. The van der Waals surface area contributed by atoms with E-state index in [4.69, 9.17) is 0 Å². The summed E-state index contributed by atoms with van der Waals surface area (Å²) in [5.74, 6) is -0.0602. The molecule has 1 heterocycles. The molecule has 0 bridgehead atoms. The Morgan fingerprint density at radius 1 is 1.71 bits per heavy atom. The molecule has 37 valence electrons. The largest absolute Gasteiger partial charge is 0.273 e. The third-order valence-electron chi connectivity index (χ3n) is 0.738. The highest BCUT2D eigenvalue weighted by atomic mass is 16.1. The fourth-order valence-corrected chi connectivity index (χ4v) is 0.388. The van der Waals surface area contributed by atoms with E-state index in [1.165, 1.54) is 6.34 Å². The van der Waals surface area contributed by atoms with Crippen LogP contribution in [0.15, 0.2) is 4.99 Å². The molecule has 0 N–H and O–H groups in total. The van der Waals surface area contributed by atoms with E-state index >= 15 is 0 Å². The first kappa shape index (κ1) is 4.30. The van der Waals surface area contributed by atoms with Crippen LogP contribution in [0, 0.1) is 0 Å². The van der Waals surface area contributed by atoms with Gasteiger partial charge in [0.2, 0.25) is 5.91 Å². The summed E-state index contributed by atoms with van der Waals surface area (Å²) in [6.07, 6.45) is 1.79. The molecule has 0 aromatic heterocycles. The Hall–Kier alpha value is -0.860. The molecule has 0 aromatic carbocycles. The van der Waals surface area contributed by atoms with E-state index in [9.17, 15) is 4.79 Å². The molecule has 1 amide bonds. The first-order chi connectivity index (χ1) is 3.39. The van der Waals surface area contributed by atoms with Gasteiger partial charge in [-0.3, -0.25) is 9.79 Å². The van der Waals surface area contributed by atoms with Crippen molar-refractivity contribution in [2.24, 2.45) is 4.99 Å². The average Bonchev–Trinajstić information content (AvgIpc) is 1.69. The highest BCUT2D eigenvalue weighted by Crippen LogP contribution is 1.85. The molecule has 3 heteroatoms. The fourth-order valence-electron chi connectivity index (χ4n) is 0.388. The third kappa shape index (κ3) is 0.994. The Balaban J connectivity index is 2.47. The maximum atomic E-state index is 10.2. The SMILES string of the molecule is O=C1CCN=C[N]1. The van der Waals surface area contributed by atoms with Crippen LogP contribution in [0.2, 0.25) is 0 Å². The van der Waals surface area contributed by atoms with Crippen molar-refractivity contribution < 1.29 is 4.79 Å². The Morgan fingerprint density at radius 2 is 2.57 bits per heavy atom. The van der Waals surface area contributed by atoms with Crippen LogP contribution < -0.4 is 5.32 Å². The third-order valence-corrected chi connectivity index (χ3v) is 0.738. The Morgan fingerprint density at radius 3 is 2.86 bits per heavy atom. The van der Waals surface area contributed by atoms with Gasteiger partial charge in [-0.15, -0.1) is 0 Å². The van der Waals surface area contributed by atoms with Gasteiger partial charge in [0.25, 0.3) is 0 Å². The molecule has 0 saturated heterocycles. The van der Waals surface area contributed by atoms with Crippen molar-refractivity contribution in [3.63, 3.8) is 0 Å². The summed E-state index contributed by atoms with van der Waals surface area (Å²) < 4.78 is 0. The number of nitrogens with zero attached hydrogens (tertiary/aromatic N) is 2. The van der Waals surface area contributed by atoms with Gasteiger partial charge in [0.05, 0.1) is 0 Å². The number of carbonyl (C=O) groups is 1. The van der Waals surface area contributed by atoms with Crippen molar-refractivity contribution in [3.05, 3.63) is 0 Å². The minimum absolute atomic E-state index is 0.0602. The van der Waals surface area contributed by atoms with Crippen LogP contribution in [0.5, 0.6) is 0 Å². The van der Waals surface area contributed by atoms with Crippen molar-refractivity contribution in [2.75, 3.05) is 6.54 Å². The lowest BCUT2D eigenvalue weighted by Crippen LogP contribution is -2.18. The molecule has 0 fully saturated rings. The van der Waals surface area contributed by atoms with Gasteiger partial charge in [0, 0.05) is 13.0 Å². The summed E-state index contributed by atoms with van der Waals surface area (Å²) in [7, 11) is 0. The monoisotopic (exact) mass is 97.0 g/mol. The average molecular weight is 97.1 g/mol. The quantitative estimate of drug-likeness (QED) is 0.403. The van der Waals surface area contributed by atoms with Crippen molar-refractivity contribution >= 4 is 12.2 Å². The predicted octanol–water partition coefficient (Wildman–Crippen LogP) is -0.451. The second-order valence-corrected chi connectivity index (χ2v) is 1.29. The van der Waals surface area contributed by atoms with Crippen molar-refractivity contribution in [3.8, 4) is 0 Å². The molecule has 0 spiro atoms. The Labute approximate surface area is 41.4 Å². The lowest BCUT2D eigenvalue weighted by Gasteiger charge is -1.97. The van der Waals surface area contributed by atoms with Crippen molar-refractivity contribution in [1.82, 2.24) is 5.32 Å². The fraction of sp³-hybridized carbons (Fsp3) is 0.500. The van der Waals surface area contributed by atoms with E-state index < -0.39 is 0 Å². The summed E-state index contributed by atoms with van der Waals surface area (Å²) in [6.45, 7) is 0.613. The lowest BCUT2D eigenvalue weighted by molar-refractivity contribution is -0.119. The van der Waals surface area contributed by atoms with Gasteiger partial charge in [-0.25, -0.2) is 5.32 Å². The van der Waals surface area contributed by atoms with Crippen LogP contribution >= 0.6 is 0 Å². The Kier molecular flexibility index (Phi) is 1.06. The maximum absolute atomic E-state index is 10.2. The zero-order chi connectivity index (χ0) is 5.11. The molecule has 1 aliphatic heterocycles. The van der Waals surface area contributed by atoms with E-state index in [0.717, 1.165) is 0 Å². The maximum Gasteiger partial charge on any atom is 0.248 e. The van der Waals surface area contributed by atoms with Gasteiger partial charge >= 0.3 is 0 Å². The molecular formula is C4H5N2O. The minimum atomic E-state index is -0.0602. The summed E-state index contributed by atoms with van der Waals surface area (Å²) in [5.41, 5.74) is 0. The number of hydrogen-bond donors (Lipinski definition) is 0. The van der Waals surface area contributed by atoms with Gasteiger partial charge in [-0.2, -0.15) is 0 Å².